The highest BCUT2D eigenvalue weighted by Gasteiger charge is 2.09. The molecular weight excluding hydrogens is 380 g/mol. The molecule has 0 heterocycles. The lowest BCUT2D eigenvalue weighted by atomic mass is 10.1. The maximum absolute atomic E-state index is 12.0. The number of hydrogen-bond acceptors (Lipinski definition) is 4. The van der Waals surface area contributed by atoms with E-state index in [-0.39, 0.29) is 18.9 Å². The van der Waals surface area contributed by atoms with Gasteiger partial charge in [-0.05, 0) is 41.0 Å². The molecule has 3 aromatic rings. The lowest BCUT2D eigenvalue weighted by Crippen LogP contribution is -2.21. The van der Waals surface area contributed by atoms with Crippen molar-refractivity contribution in [3.63, 3.8) is 0 Å². The lowest BCUT2D eigenvalue weighted by molar-refractivity contribution is -0.146. The van der Waals surface area contributed by atoms with Gasteiger partial charge in [0.1, 0.15) is 0 Å². The summed E-state index contributed by atoms with van der Waals surface area (Å²) >= 11 is 0. The van der Waals surface area contributed by atoms with Crippen molar-refractivity contribution in [2.24, 2.45) is 0 Å². The Bertz CT molecular complexity index is 1010. The Morgan fingerprint density at radius 2 is 1.30 bits per heavy atom. The van der Waals surface area contributed by atoms with E-state index in [0.29, 0.717) is 11.4 Å². The molecule has 0 bridgehead atoms. The number of rotatable bonds is 7. The van der Waals surface area contributed by atoms with Gasteiger partial charge in [0, 0.05) is 18.3 Å². The van der Waals surface area contributed by atoms with Crippen molar-refractivity contribution in [2.45, 2.75) is 13.3 Å². The molecule has 0 aliphatic heterocycles. The van der Waals surface area contributed by atoms with E-state index < -0.39 is 11.9 Å². The van der Waals surface area contributed by atoms with Gasteiger partial charge in [0.2, 0.25) is 5.91 Å². The van der Waals surface area contributed by atoms with Gasteiger partial charge < -0.3 is 15.4 Å². The molecule has 0 fully saturated rings. The minimum Gasteiger partial charge on any atom is -0.455 e. The van der Waals surface area contributed by atoms with E-state index >= 15 is 0 Å². The summed E-state index contributed by atoms with van der Waals surface area (Å²) in [4.78, 5) is 35.0. The summed E-state index contributed by atoms with van der Waals surface area (Å²) in [6.45, 7) is 1.07. The van der Waals surface area contributed by atoms with Crippen molar-refractivity contribution in [1.82, 2.24) is 0 Å². The number of benzene rings is 3. The van der Waals surface area contributed by atoms with Crippen molar-refractivity contribution in [2.75, 3.05) is 17.2 Å². The third-order valence-electron chi connectivity index (χ3n) is 4.26. The summed E-state index contributed by atoms with van der Waals surface area (Å²) in [5.41, 5.74) is 4.14. The van der Waals surface area contributed by atoms with Crippen LogP contribution in [0.25, 0.3) is 11.1 Å². The minimum atomic E-state index is -0.503. The van der Waals surface area contributed by atoms with E-state index in [1.165, 1.54) is 6.92 Å². The Labute approximate surface area is 174 Å². The fourth-order valence-electron chi connectivity index (χ4n) is 2.85. The van der Waals surface area contributed by atoms with Crippen molar-refractivity contribution in [1.29, 1.82) is 0 Å². The largest absolute Gasteiger partial charge is 0.455 e. The molecule has 0 aromatic heterocycles. The molecule has 0 aliphatic carbocycles. The normalized spacial score (nSPS) is 10.2. The maximum Gasteiger partial charge on any atom is 0.310 e. The Hall–Kier alpha value is -3.93. The molecule has 0 saturated carbocycles. The predicted octanol–water partition coefficient (Wildman–Crippen LogP) is 4.04. The number of anilines is 2. The van der Waals surface area contributed by atoms with Crippen LogP contribution in [0.15, 0.2) is 78.9 Å². The molecule has 0 radical (unpaired) electrons. The predicted molar refractivity (Wildman–Crippen MR) is 116 cm³/mol. The SMILES string of the molecule is CC(=O)Nc1ccc(CC(=O)OCC(=O)Nc2ccc(-c3ccccc3)cc2)cc1. The first kappa shape index (κ1) is 20.8. The molecule has 0 atom stereocenters. The highest BCUT2D eigenvalue weighted by Crippen LogP contribution is 2.21. The Kier molecular flexibility index (Phi) is 6.95. The first-order chi connectivity index (χ1) is 14.5. The van der Waals surface area contributed by atoms with Gasteiger partial charge in [-0.3, -0.25) is 14.4 Å². The van der Waals surface area contributed by atoms with Crippen LogP contribution in [0, 0.1) is 0 Å². The van der Waals surface area contributed by atoms with Crippen molar-refractivity contribution in [3.8, 4) is 11.1 Å². The van der Waals surface area contributed by atoms with E-state index in [1.54, 1.807) is 36.4 Å². The number of ether oxygens (including phenoxy) is 1. The number of amides is 2. The van der Waals surface area contributed by atoms with Gasteiger partial charge in [-0.2, -0.15) is 0 Å². The van der Waals surface area contributed by atoms with Gasteiger partial charge in [0.25, 0.3) is 5.91 Å². The molecule has 0 spiro atoms. The minimum absolute atomic E-state index is 0.0411. The van der Waals surface area contributed by atoms with Crippen LogP contribution in [-0.2, 0) is 25.5 Å². The van der Waals surface area contributed by atoms with E-state index in [9.17, 15) is 14.4 Å². The van der Waals surface area contributed by atoms with Crippen molar-refractivity contribution in [3.05, 3.63) is 84.4 Å². The van der Waals surface area contributed by atoms with Crippen LogP contribution in [-0.4, -0.2) is 24.4 Å². The topological polar surface area (TPSA) is 84.5 Å². The molecule has 0 aliphatic rings. The highest BCUT2D eigenvalue weighted by atomic mass is 16.5. The van der Waals surface area contributed by atoms with Crippen LogP contribution in [0.4, 0.5) is 11.4 Å². The van der Waals surface area contributed by atoms with Crippen LogP contribution in [0.2, 0.25) is 0 Å². The second kappa shape index (κ2) is 10.0. The Balaban J connectivity index is 1.45. The van der Waals surface area contributed by atoms with Crippen LogP contribution in [0.3, 0.4) is 0 Å². The van der Waals surface area contributed by atoms with Gasteiger partial charge >= 0.3 is 5.97 Å². The highest BCUT2D eigenvalue weighted by molar-refractivity contribution is 5.93. The van der Waals surface area contributed by atoms with Crippen LogP contribution in [0.5, 0.6) is 0 Å². The van der Waals surface area contributed by atoms with Gasteiger partial charge in [-0.1, -0.05) is 54.6 Å². The van der Waals surface area contributed by atoms with Gasteiger partial charge in [0.05, 0.1) is 6.42 Å². The van der Waals surface area contributed by atoms with Gasteiger partial charge in [0.15, 0.2) is 6.61 Å². The van der Waals surface area contributed by atoms with Crippen LogP contribution < -0.4 is 10.6 Å². The molecule has 0 unspecified atom stereocenters. The number of hydrogen-bond donors (Lipinski definition) is 2. The molecule has 152 valence electrons. The van der Waals surface area contributed by atoms with E-state index in [1.807, 2.05) is 42.5 Å². The molecule has 6 nitrogen and oxygen atoms in total. The zero-order valence-electron chi connectivity index (χ0n) is 16.6. The molecule has 3 aromatic carbocycles. The van der Waals surface area contributed by atoms with Crippen molar-refractivity contribution < 1.29 is 19.1 Å². The van der Waals surface area contributed by atoms with E-state index in [0.717, 1.165) is 16.7 Å². The summed E-state index contributed by atoms with van der Waals surface area (Å²) in [5.74, 6) is -1.07. The average molecular weight is 402 g/mol. The second-order valence-corrected chi connectivity index (χ2v) is 6.71. The summed E-state index contributed by atoms with van der Waals surface area (Å²) < 4.78 is 5.05. The molecular formula is C24H22N2O4. The summed E-state index contributed by atoms with van der Waals surface area (Å²) in [5, 5.41) is 5.36. The fourth-order valence-corrected chi connectivity index (χ4v) is 2.85. The quantitative estimate of drug-likeness (QED) is 0.584. The number of carbonyl (C=O) groups excluding carboxylic acids is 3. The molecule has 6 heteroatoms. The molecule has 3 rings (SSSR count). The first-order valence-corrected chi connectivity index (χ1v) is 9.47. The Morgan fingerprint density at radius 1 is 0.733 bits per heavy atom. The third-order valence-corrected chi connectivity index (χ3v) is 4.26. The molecule has 30 heavy (non-hydrogen) atoms. The van der Waals surface area contributed by atoms with E-state index in [4.69, 9.17) is 4.74 Å². The lowest BCUT2D eigenvalue weighted by Gasteiger charge is -2.08. The first-order valence-electron chi connectivity index (χ1n) is 9.47. The summed E-state index contributed by atoms with van der Waals surface area (Å²) in [7, 11) is 0. The maximum atomic E-state index is 12.0. The van der Waals surface area contributed by atoms with Gasteiger partial charge in [-0.25, -0.2) is 0 Å². The smallest absolute Gasteiger partial charge is 0.310 e. The molecule has 0 saturated heterocycles. The number of nitrogens with one attached hydrogen (secondary N) is 2. The summed E-state index contributed by atoms with van der Waals surface area (Å²) in [6, 6.07) is 24.2. The van der Waals surface area contributed by atoms with Crippen LogP contribution in [0.1, 0.15) is 12.5 Å². The zero-order valence-corrected chi connectivity index (χ0v) is 16.6. The van der Waals surface area contributed by atoms with Crippen LogP contribution >= 0.6 is 0 Å². The van der Waals surface area contributed by atoms with E-state index in [2.05, 4.69) is 10.6 Å². The molecule has 2 N–H and O–H groups in total. The molecule has 2 amide bonds. The monoisotopic (exact) mass is 402 g/mol. The van der Waals surface area contributed by atoms with Crippen molar-refractivity contribution >= 4 is 29.2 Å². The second-order valence-electron chi connectivity index (χ2n) is 6.71. The Morgan fingerprint density at radius 3 is 1.93 bits per heavy atom. The van der Waals surface area contributed by atoms with Gasteiger partial charge in [-0.15, -0.1) is 0 Å². The average Bonchev–Trinajstić information content (AvgIpc) is 2.74. The zero-order chi connectivity index (χ0) is 21.3. The summed E-state index contributed by atoms with van der Waals surface area (Å²) in [6.07, 6.45) is 0.0411. The third kappa shape index (κ3) is 6.31. The standard InChI is InChI=1S/C24H22N2O4/c1-17(27)25-21-11-7-18(8-12-21)15-24(29)30-16-23(28)26-22-13-9-20(10-14-22)19-5-3-2-4-6-19/h2-14H,15-16H2,1H3,(H,25,27)(H,26,28). The number of carbonyl (C=O) groups is 3. The fraction of sp³-hybridized carbons (Fsp3) is 0.125. The number of esters is 1.